The Morgan fingerprint density at radius 3 is 2.69 bits per heavy atom. The molecule has 1 saturated carbocycles. The van der Waals surface area contributed by atoms with Crippen LogP contribution in [0.1, 0.15) is 19.3 Å². The van der Waals surface area contributed by atoms with Gasteiger partial charge in [0.2, 0.25) is 0 Å². The van der Waals surface area contributed by atoms with E-state index in [1.54, 1.807) is 6.07 Å². The molecule has 2 rings (SSSR count). The van der Waals surface area contributed by atoms with Gasteiger partial charge < -0.3 is 4.74 Å². The lowest BCUT2D eigenvalue weighted by Gasteiger charge is -2.40. The number of thiol groups is 1. The van der Waals surface area contributed by atoms with E-state index in [9.17, 15) is 4.39 Å². The van der Waals surface area contributed by atoms with Crippen molar-refractivity contribution in [2.24, 2.45) is 5.41 Å². The quantitative estimate of drug-likeness (QED) is 0.807. The second-order valence-corrected chi connectivity index (χ2v) is 5.10. The normalized spacial score (nSPS) is 17.9. The number of hydrogen-bond donors (Lipinski definition) is 1. The van der Waals surface area contributed by atoms with Gasteiger partial charge in [-0.15, -0.1) is 0 Å². The van der Waals surface area contributed by atoms with Crippen LogP contribution in [0.2, 0.25) is 5.02 Å². The molecule has 1 aliphatic carbocycles. The lowest BCUT2D eigenvalue weighted by atomic mass is 9.71. The van der Waals surface area contributed by atoms with Gasteiger partial charge in [0.25, 0.3) is 0 Å². The van der Waals surface area contributed by atoms with Gasteiger partial charge in [-0.05, 0) is 30.7 Å². The third kappa shape index (κ3) is 2.46. The van der Waals surface area contributed by atoms with E-state index in [2.05, 4.69) is 12.6 Å². The molecule has 0 radical (unpaired) electrons. The molecule has 88 valence electrons. The highest BCUT2D eigenvalue weighted by Crippen LogP contribution is 2.42. The molecular formula is C12H14ClFOS. The molecule has 0 bridgehead atoms. The maximum absolute atomic E-state index is 13.1. The monoisotopic (exact) mass is 260 g/mol. The lowest BCUT2D eigenvalue weighted by Crippen LogP contribution is -2.37. The van der Waals surface area contributed by atoms with Crippen molar-refractivity contribution in [2.45, 2.75) is 19.3 Å². The Morgan fingerprint density at radius 1 is 1.44 bits per heavy atom. The number of halogens is 2. The van der Waals surface area contributed by atoms with Crippen LogP contribution in [0.4, 0.5) is 4.39 Å². The second kappa shape index (κ2) is 4.84. The van der Waals surface area contributed by atoms with Gasteiger partial charge in [-0.2, -0.15) is 12.6 Å². The third-order valence-electron chi connectivity index (χ3n) is 3.19. The Balaban J connectivity index is 1.96. The van der Waals surface area contributed by atoms with E-state index in [1.807, 2.05) is 0 Å². The van der Waals surface area contributed by atoms with Crippen molar-refractivity contribution in [3.8, 4) is 5.75 Å². The summed E-state index contributed by atoms with van der Waals surface area (Å²) in [4.78, 5) is 0. The van der Waals surface area contributed by atoms with Gasteiger partial charge in [-0.3, -0.25) is 0 Å². The molecule has 0 aromatic heterocycles. The van der Waals surface area contributed by atoms with Crippen LogP contribution in [0.5, 0.6) is 5.75 Å². The molecule has 0 aliphatic heterocycles. The molecule has 1 aromatic carbocycles. The smallest absolute Gasteiger partial charge is 0.145 e. The van der Waals surface area contributed by atoms with Gasteiger partial charge in [0.15, 0.2) is 0 Å². The number of ether oxygens (including phenoxy) is 1. The fourth-order valence-corrected chi connectivity index (χ4v) is 2.35. The highest BCUT2D eigenvalue weighted by molar-refractivity contribution is 7.80. The summed E-state index contributed by atoms with van der Waals surface area (Å²) in [6, 6.07) is 4.53. The third-order valence-corrected chi connectivity index (χ3v) is 4.16. The second-order valence-electron chi connectivity index (χ2n) is 4.38. The summed E-state index contributed by atoms with van der Waals surface area (Å²) in [5.74, 6) is 0.922. The zero-order valence-corrected chi connectivity index (χ0v) is 10.5. The van der Waals surface area contributed by atoms with E-state index in [0.29, 0.717) is 12.4 Å². The predicted octanol–water partition coefficient (Wildman–Crippen LogP) is 3.96. The lowest BCUT2D eigenvalue weighted by molar-refractivity contribution is 0.0828. The van der Waals surface area contributed by atoms with Gasteiger partial charge in [0, 0.05) is 11.5 Å². The summed E-state index contributed by atoms with van der Waals surface area (Å²) >= 11 is 9.93. The van der Waals surface area contributed by atoms with Crippen molar-refractivity contribution in [3.63, 3.8) is 0 Å². The van der Waals surface area contributed by atoms with Crippen LogP contribution in [0.25, 0.3) is 0 Å². The maximum atomic E-state index is 13.1. The van der Waals surface area contributed by atoms with Crippen LogP contribution >= 0.6 is 24.2 Å². The van der Waals surface area contributed by atoms with Crippen LogP contribution < -0.4 is 4.74 Å². The largest absolute Gasteiger partial charge is 0.493 e. The summed E-state index contributed by atoms with van der Waals surface area (Å²) in [6.07, 6.45) is 3.53. The fourth-order valence-electron chi connectivity index (χ4n) is 1.83. The van der Waals surface area contributed by atoms with Gasteiger partial charge in [-0.25, -0.2) is 4.39 Å². The SMILES string of the molecule is Fc1cc(OCC2(CS)CCC2)ccc1Cl. The first-order valence-electron chi connectivity index (χ1n) is 5.34. The maximum Gasteiger partial charge on any atom is 0.145 e. The molecule has 1 aliphatic rings. The molecule has 4 heteroatoms. The number of rotatable bonds is 4. The van der Waals surface area contributed by atoms with E-state index in [-0.39, 0.29) is 10.4 Å². The Bertz CT molecular complexity index is 374. The molecule has 1 aromatic rings. The molecule has 0 spiro atoms. The van der Waals surface area contributed by atoms with Crippen molar-refractivity contribution in [3.05, 3.63) is 29.0 Å². The minimum absolute atomic E-state index is 0.125. The molecule has 0 heterocycles. The van der Waals surface area contributed by atoms with Crippen LogP contribution in [0, 0.1) is 11.2 Å². The minimum Gasteiger partial charge on any atom is -0.493 e. The standard InChI is InChI=1S/C12H14ClFOS/c13-10-3-2-9(6-11(10)14)15-7-12(8-16)4-1-5-12/h2-3,6,16H,1,4-5,7-8H2. The molecule has 1 fully saturated rings. The Hall–Kier alpha value is -0.410. The van der Waals surface area contributed by atoms with Crippen LogP contribution in [-0.2, 0) is 0 Å². The number of benzene rings is 1. The molecule has 0 amide bonds. The van der Waals surface area contributed by atoms with E-state index < -0.39 is 5.82 Å². The zero-order valence-electron chi connectivity index (χ0n) is 8.88. The fraction of sp³-hybridized carbons (Fsp3) is 0.500. The van der Waals surface area contributed by atoms with Crippen molar-refractivity contribution >= 4 is 24.2 Å². The molecule has 16 heavy (non-hydrogen) atoms. The van der Waals surface area contributed by atoms with Gasteiger partial charge >= 0.3 is 0 Å². The van der Waals surface area contributed by atoms with Gasteiger partial charge in [0.05, 0.1) is 11.6 Å². The Labute approximate surface area is 105 Å². The Morgan fingerprint density at radius 2 is 2.19 bits per heavy atom. The van der Waals surface area contributed by atoms with E-state index in [0.717, 1.165) is 18.6 Å². The summed E-state index contributed by atoms with van der Waals surface area (Å²) in [5, 5.41) is 0.125. The number of hydrogen-bond acceptors (Lipinski definition) is 2. The average Bonchev–Trinajstić information content (AvgIpc) is 2.22. The summed E-state index contributed by atoms with van der Waals surface area (Å²) in [6.45, 7) is 0.609. The summed E-state index contributed by atoms with van der Waals surface area (Å²) in [5.41, 5.74) is 0.194. The van der Waals surface area contributed by atoms with Crippen LogP contribution in [0.3, 0.4) is 0 Å². The zero-order chi connectivity index (χ0) is 11.6. The summed E-state index contributed by atoms with van der Waals surface area (Å²) in [7, 11) is 0. The van der Waals surface area contributed by atoms with Crippen LogP contribution in [-0.4, -0.2) is 12.4 Å². The highest BCUT2D eigenvalue weighted by atomic mass is 35.5. The molecule has 0 unspecified atom stereocenters. The molecule has 0 saturated heterocycles. The van der Waals surface area contributed by atoms with E-state index in [4.69, 9.17) is 16.3 Å². The van der Waals surface area contributed by atoms with Crippen LogP contribution in [0.15, 0.2) is 18.2 Å². The van der Waals surface area contributed by atoms with Gasteiger partial charge in [-0.1, -0.05) is 18.0 Å². The topological polar surface area (TPSA) is 9.23 Å². The first kappa shape index (κ1) is 12.1. The molecule has 1 nitrogen and oxygen atoms in total. The van der Waals surface area contributed by atoms with Crippen molar-refractivity contribution < 1.29 is 9.13 Å². The first-order chi connectivity index (χ1) is 7.65. The van der Waals surface area contributed by atoms with E-state index >= 15 is 0 Å². The Kier molecular flexibility index (Phi) is 3.65. The minimum atomic E-state index is -0.437. The van der Waals surface area contributed by atoms with Crippen molar-refractivity contribution in [1.82, 2.24) is 0 Å². The molecular weight excluding hydrogens is 247 g/mol. The predicted molar refractivity (Wildman–Crippen MR) is 67.0 cm³/mol. The van der Waals surface area contributed by atoms with E-state index in [1.165, 1.54) is 18.6 Å². The summed E-state index contributed by atoms with van der Waals surface area (Å²) < 4.78 is 18.7. The highest BCUT2D eigenvalue weighted by Gasteiger charge is 2.36. The van der Waals surface area contributed by atoms with Gasteiger partial charge in [0.1, 0.15) is 11.6 Å². The van der Waals surface area contributed by atoms with Crippen molar-refractivity contribution in [1.29, 1.82) is 0 Å². The first-order valence-corrected chi connectivity index (χ1v) is 6.35. The molecule has 0 atom stereocenters. The van der Waals surface area contributed by atoms with Crippen molar-refractivity contribution in [2.75, 3.05) is 12.4 Å². The molecule has 0 N–H and O–H groups in total. The average molecular weight is 261 g/mol.